The Morgan fingerprint density at radius 2 is 1.50 bits per heavy atom. The zero-order valence-electron chi connectivity index (χ0n) is 15.6. The highest BCUT2D eigenvalue weighted by Gasteiger charge is 2.06. The molecule has 0 heterocycles. The minimum atomic E-state index is -0.907. The molecule has 0 aromatic heterocycles. The molecule has 0 saturated heterocycles. The maximum absolute atomic E-state index is 11.0. The van der Waals surface area contributed by atoms with E-state index in [1.807, 2.05) is 18.2 Å². The maximum atomic E-state index is 11.0. The summed E-state index contributed by atoms with van der Waals surface area (Å²) in [5.74, 6) is -0.907. The van der Waals surface area contributed by atoms with E-state index in [1.165, 1.54) is 21.9 Å². The fourth-order valence-electron chi connectivity index (χ4n) is 3.44. The van der Waals surface area contributed by atoms with Crippen molar-refractivity contribution in [2.24, 2.45) is 0 Å². The van der Waals surface area contributed by atoms with Crippen LogP contribution in [0.1, 0.15) is 28.4 Å². The van der Waals surface area contributed by atoms with Crippen LogP contribution >= 0.6 is 0 Å². The van der Waals surface area contributed by atoms with Crippen LogP contribution in [0.15, 0.2) is 91.0 Å². The quantitative estimate of drug-likeness (QED) is 0.406. The maximum Gasteiger partial charge on any atom is 0.335 e. The SMILES string of the molecule is C/C(=C\c1ccc(C(=O)O)cc1)c1ccc2cccc(-c3ccccc3)c2c1. The first-order valence-electron chi connectivity index (χ1n) is 9.22. The van der Waals surface area contributed by atoms with E-state index in [9.17, 15) is 4.79 Å². The third kappa shape index (κ3) is 3.58. The predicted octanol–water partition coefficient (Wildman–Crippen LogP) is 6.77. The van der Waals surface area contributed by atoms with Gasteiger partial charge in [-0.2, -0.15) is 0 Å². The molecule has 2 nitrogen and oxygen atoms in total. The van der Waals surface area contributed by atoms with Gasteiger partial charge >= 0.3 is 5.97 Å². The lowest BCUT2D eigenvalue weighted by Crippen LogP contribution is -1.94. The van der Waals surface area contributed by atoms with Gasteiger partial charge in [0.1, 0.15) is 0 Å². The summed E-state index contributed by atoms with van der Waals surface area (Å²) >= 11 is 0. The smallest absolute Gasteiger partial charge is 0.335 e. The lowest BCUT2D eigenvalue weighted by Gasteiger charge is -2.10. The van der Waals surface area contributed by atoms with E-state index in [4.69, 9.17) is 5.11 Å². The number of hydrogen-bond donors (Lipinski definition) is 1. The number of carbonyl (C=O) groups is 1. The molecule has 0 radical (unpaired) electrons. The fraction of sp³-hybridized carbons (Fsp3) is 0.0385. The summed E-state index contributed by atoms with van der Waals surface area (Å²) in [6.07, 6.45) is 2.08. The molecule has 0 bridgehead atoms. The topological polar surface area (TPSA) is 37.3 Å². The highest BCUT2D eigenvalue weighted by Crippen LogP contribution is 2.31. The summed E-state index contributed by atoms with van der Waals surface area (Å²) in [7, 11) is 0. The molecule has 136 valence electrons. The Hall–Kier alpha value is -3.65. The number of hydrogen-bond acceptors (Lipinski definition) is 1. The van der Waals surface area contributed by atoms with Crippen molar-refractivity contribution >= 4 is 28.4 Å². The first-order chi connectivity index (χ1) is 13.6. The van der Waals surface area contributed by atoms with Crippen molar-refractivity contribution < 1.29 is 9.90 Å². The highest BCUT2D eigenvalue weighted by atomic mass is 16.4. The normalized spacial score (nSPS) is 11.5. The van der Waals surface area contributed by atoms with Crippen molar-refractivity contribution in [1.29, 1.82) is 0 Å². The Bertz CT molecular complexity index is 1170. The predicted molar refractivity (Wildman–Crippen MR) is 116 cm³/mol. The zero-order chi connectivity index (χ0) is 19.5. The number of fused-ring (bicyclic) bond motifs is 1. The van der Waals surface area contributed by atoms with E-state index in [0.29, 0.717) is 5.56 Å². The molecule has 4 rings (SSSR count). The zero-order valence-corrected chi connectivity index (χ0v) is 15.6. The van der Waals surface area contributed by atoms with Crippen LogP contribution in [0.2, 0.25) is 0 Å². The van der Waals surface area contributed by atoms with Gasteiger partial charge < -0.3 is 5.11 Å². The molecule has 0 atom stereocenters. The van der Waals surface area contributed by atoms with E-state index in [2.05, 4.69) is 73.7 Å². The lowest BCUT2D eigenvalue weighted by molar-refractivity contribution is 0.0697. The molecular weight excluding hydrogens is 344 g/mol. The van der Waals surface area contributed by atoms with Gasteiger partial charge in [0.2, 0.25) is 0 Å². The van der Waals surface area contributed by atoms with Crippen LogP contribution in [0.5, 0.6) is 0 Å². The molecule has 0 aliphatic carbocycles. The van der Waals surface area contributed by atoms with Gasteiger partial charge in [-0.25, -0.2) is 4.79 Å². The molecular formula is C26H20O2. The minimum Gasteiger partial charge on any atom is -0.478 e. The Morgan fingerprint density at radius 3 is 2.21 bits per heavy atom. The van der Waals surface area contributed by atoms with Crippen LogP contribution in [-0.4, -0.2) is 11.1 Å². The fourth-order valence-corrected chi connectivity index (χ4v) is 3.44. The molecule has 0 spiro atoms. The van der Waals surface area contributed by atoms with Crippen LogP contribution in [-0.2, 0) is 0 Å². The van der Waals surface area contributed by atoms with Crippen LogP contribution < -0.4 is 0 Å². The van der Waals surface area contributed by atoms with Crippen molar-refractivity contribution in [2.75, 3.05) is 0 Å². The first kappa shape index (κ1) is 17.7. The van der Waals surface area contributed by atoms with Gasteiger partial charge in [-0.3, -0.25) is 0 Å². The molecule has 0 fully saturated rings. The van der Waals surface area contributed by atoms with E-state index in [1.54, 1.807) is 12.1 Å². The lowest BCUT2D eigenvalue weighted by atomic mass is 9.94. The number of carboxylic acid groups (broad SMARTS) is 1. The van der Waals surface area contributed by atoms with Crippen molar-refractivity contribution in [3.63, 3.8) is 0 Å². The molecule has 0 unspecified atom stereocenters. The standard InChI is InChI=1S/C26H20O2/c1-18(16-19-10-12-22(13-11-19)26(27)28)23-15-14-21-8-5-9-24(25(21)17-23)20-6-3-2-4-7-20/h2-17H,1H3,(H,27,28)/b18-16+. The summed E-state index contributed by atoms with van der Waals surface area (Å²) in [4.78, 5) is 11.0. The molecule has 0 saturated carbocycles. The molecule has 0 aliphatic heterocycles. The molecule has 28 heavy (non-hydrogen) atoms. The van der Waals surface area contributed by atoms with Gasteiger partial charge in [0, 0.05) is 0 Å². The minimum absolute atomic E-state index is 0.299. The van der Waals surface area contributed by atoms with Crippen LogP contribution in [0, 0.1) is 0 Å². The van der Waals surface area contributed by atoms with Crippen LogP contribution in [0.4, 0.5) is 0 Å². The number of rotatable bonds is 4. The average Bonchev–Trinajstić information content (AvgIpc) is 2.74. The molecule has 4 aromatic rings. The van der Waals surface area contributed by atoms with Crippen molar-refractivity contribution in [3.05, 3.63) is 108 Å². The first-order valence-corrected chi connectivity index (χ1v) is 9.22. The monoisotopic (exact) mass is 364 g/mol. The van der Waals surface area contributed by atoms with E-state index in [-0.39, 0.29) is 0 Å². The van der Waals surface area contributed by atoms with Crippen molar-refractivity contribution in [2.45, 2.75) is 6.92 Å². The van der Waals surface area contributed by atoms with Gasteiger partial charge in [0.05, 0.1) is 5.56 Å². The van der Waals surface area contributed by atoms with Gasteiger partial charge in [0.25, 0.3) is 0 Å². The number of allylic oxidation sites excluding steroid dienone is 1. The van der Waals surface area contributed by atoms with E-state index in [0.717, 1.165) is 16.7 Å². The molecule has 2 heteroatoms. The second-order valence-corrected chi connectivity index (χ2v) is 6.86. The van der Waals surface area contributed by atoms with Crippen LogP contribution in [0.3, 0.4) is 0 Å². The van der Waals surface area contributed by atoms with Gasteiger partial charge in [0.15, 0.2) is 0 Å². The number of carboxylic acids is 1. The molecule has 0 aliphatic rings. The summed E-state index contributed by atoms with van der Waals surface area (Å²) in [5, 5.41) is 11.5. The van der Waals surface area contributed by atoms with Crippen molar-refractivity contribution in [3.8, 4) is 11.1 Å². The average molecular weight is 364 g/mol. The van der Waals surface area contributed by atoms with Crippen LogP contribution in [0.25, 0.3) is 33.5 Å². The molecule has 4 aromatic carbocycles. The Labute approximate surface area is 164 Å². The third-order valence-corrected chi connectivity index (χ3v) is 4.96. The van der Waals surface area contributed by atoms with Crippen molar-refractivity contribution in [1.82, 2.24) is 0 Å². The summed E-state index contributed by atoms with van der Waals surface area (Å²) in [5.41, 5.74) is 5.99. The Balaban J connectivity index is 1.75. The Kier molecular flexibility index (Phi) is 4.77. The third-order valence-electron chi connectivity index (χ3n) is 4.96. The second-order valence-electron chi connectivity index (χ2n) is 6.86. The molecule has 1 N–H and O–H groups in total. The summed E-state index contributed by atoms with van der Waals surface area (Å²) in [6, 6.07) is 30.3. The van der Waals surface area contributed by atoms with Gasteiger partial charge in [-0.1, -0.05) is 78.9 Å². The van der Waals surface area contributed by atoms with Gasteiger partial charge in [-0.05, 0) is 63.7 Å². The van der Waals surface area contributed by atoms with Gasteiger partial charge in [-0.15, -0.1) is 0 Å². The summed E-state index contributed by atoms with van der Waals surface area (Å²) in [6.45, 7) is 2.08. The van der Waals surface area contributed by atoms with E-state index < -0.39 is 5.97 Å². The molecule has 0 amide bonds. The van der Waals surface area contributed by atoms with E-state index >= 15 is 0 Å². The summed E-state index contributed by atoms with van der Waals surface area (Å²) < 4.78 is 0. The second kappa shape index (κ2) is 7.53. The number of aromatic carboxylic acids is 1. The largest absolute Gasteiger partial charge is 0.478 e. The Morgan fingerprint density at radius 1 is 0.786 bits per heavy atom. The highest BCUT2D eigenvalue weighted by molar-refractivity contribution is 5.99. The number of benzene rings is 4.